The molecule has 0 saturated carbocycles. The number of carbonyl (C=O) groups is 2. The molecule has 3 atom stereocenters. The van der Waals surface area contributed by atoms with Crippen molar-refractivity contribution < 1.29 is 28.9 Å². The Morgan fingerprint density at radius 2 is 1.26 bits per heavy atom. The maximum atomic E-state index is 13.5. The van der Waals surface area contributed by atoms with Gasteiger partial charge in [0.1, 0.15) is 12.4 Å². The second-order valence-corrected chi connectivity index (χ2v) is 10.6. The third kappa shape index (κ3) is 7.87. The molecular weight excluding hydrogens is 453 g/mol. The maximum absolute atomic E-state index is 13.5. The minimum Gasteiger partial charge on any atom is -0.481 e. The standard InChI is InChI=1S/C26H28NO6P/c28-25(29)23(16-20-10-4-1-5-11-20)19-34(31,32)24(17-21-12-6-2-7-13-21)27-26(30)33-18-22-14-8-3-9-15-22/h1-15,23-24H,16-19H2,(H,27,30)(H,28,29)(H,31,32)/t23-,24+/m1/s1. The summed E-state index contributed by atoms with van der Waals surface area (Å²) in [4.78, 5) is 35.4. The molecule has 0 radical (unpaired) electrons. The number of hydrogen-bond donors (Lipinski definition) is 3. The number of carboxylic acids is 1. The van der Waals surface area contributed by atoms with Gasteiger partial charge in [0.05, 0.1) is 5.92 Å². The Labute approximate surface area is 198 Å². The van der Waals surface area contributed by atoms with Gasteiger partial charge in [0, 0.05) is 12.6 Å². The molecule has 0 saturated heterocycles. The van der Waals surface area contributed by atoms with Gasteiger partial charge in [0.15, 0.2) is 0 Å². The van der Waals surface area contributed by atoms with Crippen molar-refractivity contribution >= 4 is 19.4 Å². The number of rotatable bonds is 11. The molecule has 0 bridgehead atoms. The molecule has 1 amide bonds. The highest BCUT2D eigenvalue weighted by atomic mass is 31.2. The van der Waals surface area contributed by atoms with Crippen LogP contribution in [0.15, 0.2) is 91.0 Å². The highest BCUT2D eigenvalue weighted by molar-refractivity contribution is 7.58. The molecule has 0 fully saturated rings. The largest absolute Gasteiger partial charge is 0.481 e. The molecule has 3 aromatic rings. The fourth-order valence-corrected chi connectivity index (χ4v) is 5.58. The lowest BCUT2D eigenvalue weighted by atomic mass is 10.0. The maximum Gasteiger partial charge on any atom is 0.408 e. The molecular formula is C26H28NO6P. The first kappa shape index (κ1) is 25.2. The second-order valence-electron chi connectivity index (χ2n) is 8.07. The predicted molar refractivity (Wildman–Crippen MR) is 130 cm³/mol. The Morgan fingerprint density at radius 1 is 0.794 bits per heavy atom. The van der Waals surface area contributed by atoms with E-state index in [0.717, 1.165) is 16.7 Å². The average Bonchev–Trinajstić information content (AvgIpc) is 2.84. The Kier molecular flexibility index (Phi) is 9.02. The first-order valence-electron chi connectivity index (χ1n) is 10.9. The van der Waals surface area contributed by atoms with E-state index in [0.29, 0.717) is 0 Å². The zero-order valence-corrected chi connectivity index (χ0v) is 19.5. The Balaban J connectivity index is 1.74. The van der Waals surface area contributed by atoms with Crippen LogP contribution in [-0.4, -0.2) is 34.0 Å². The molecule has 3 aromatic carbocycles. The molecule has 0 aromatic heterocycles. The lowest BCUT2D eigenvalue weighted by Crippen LogP contribution is -2.38. The summed E-state index contributed by atoms with van der Waals surface area (Å²) < 4.78 is 18.7. The van der Waals surface area contributed by atoms with E-state index in [1.165, 1.54) is 0 Å². The van der Waals surface area contributed by atoms with Gasteiger partial charge in [-0.3, -0.25) is 9.36 Å². The van der Waals surface area contributed by atoms with Gasteiger partial charge in [0.2, 0.25) is 7.37 Å². The van der Waals surface area contributed by atoms with Gasteiger partial charge in [-0.15, -0.1) is 0 Å². The van der Waals surface area contributed by atoms with Crippen molar-refractivity contribution in [1.29, 1.82) is 0 Å². The van der Waals surface area contributed by atoms with Crippen molar-refractivity contribution in [2.24, 2.45) is 5.92 Å². The molecule has 3 rings (SSSR count). The third-order valence-corrected chi connectivity index (χ3v) is 7.66. The van der Waals surface area contributed by atoms with Gasteiger partial charge in [0.25, 0.3) is 0 Å². The number of alkyl carbamates (subject to hydrolysis) is 1. The average molecular weight is 481 g/mol. The van der Waals surface area contributed by atoms with Crippen LogP contribution in [0, 0.1) is 5.92 Å². The number of nitrogens with one attached hydrogen (secondary N) is 1. The molecule has 0 aliphatic rings. The highest BCUT2D eigenvalue weighted by Gasteiger charge is 2.37. The van der Waals surface area contributed by atoms with Crippen LogP contribution in [0.5, 0.6) is 0 Å². The van der Waals surface area contributed by atoms with E-state index < -0.39 is 37.3 Å². The van der Waals surface area contributed by atoms with Gasteiger partial charge in [-0.2, -0.15) is 0 Å². The first-order valence-corrected chi connectivity index (χ1v) is 12.8. The number of amides is 1. The molecule has 178 valence electrons. The molecule has 0 aliphatic heterocycles. The summed E-state index contributed by atoms with van der Waals surface area (Å²) in [6, 6.07) is 27.0. The van der Waals surface area contributed by atoms with Crippen molar-refractivity contribution in [2.75, 3.05) is 6.16 Å². The Morgan fingerprint density at radius 3 is 1.76 bits per heavy atom. The number of carboxylic acid groups (broad SMARTS) is 1. The van der Waals surface area contributed by atoms with Crippen LogP contribution in [-0.2, 0) is 33.5 Å². The Bertz CT molecular complexity index is 1110. The minimum absolute atomic E-state index is 0.00617. The number of carbonyl (C=O) groups excluding carboxylic acids is 1. The summed E-state index contributed by atoms with van der Waals surface area (Å²) in [7, 11) is -4.16. The molecule has 0 spiro atoms. The summed E-state index contributed by atoms with van der Waals surface area (Å²) in [6.07, 6.45) is -1.15. The molecule has 3 N–H and O–H groups in total. The van der Waals surface area contributed by atoms with Crippen LogP contribution in [0.1, 0.15) is 16.7 Å². The quantitative estimate of drug-likeness (QED) is 0.342. The van der Waals surface area contributed by atoms with Crippen LogP contribution in [0.25, 0.3) is 0 Å². The summed E-state index contributed by atoms with van der Waals surface area (Å²) >= 11 is 0. The summed E-state index contributed by atoms with van der Waals surface area (Å²) in [5.41, 5.74) is 2.27. The smallest absolute Gasteiger partial charge is 0.408 e. The summed E-state index contributed by atoms with van der Waals surface area (Å²) in [5, 5.41) is 12.2. The molecule has 1 unspecified atom stereocenters. The van der Waals surface area contributed by atoms with Gasteiger partial charge >= 0.3 is 12.1 Å². The van der Waals surface area contributed by atoms with Crippen LogP contribution in [0.2, 0.25) is 0 Å². The van der Waals surface area contributed by atoms with Crippen molar-refractivity contribution in [2.45, 2.75) is 25.2 Å². The van der Waals surface area contributed by atoms with Crippen molar-refractivity contribution in [3.63, 3.8) is 0 Å². The predicted octanol–water partition coefficient (Wildman–Crippen LogP) is 4.70. The lowest BCUT2D eigenvalue weighted by molar-refractivity contribution is -0.141. The molecule has 8 heteroatoms. The number of benzene rings is 3. The van der Waals surface area contributed by atoms with Crippen LogP contribution >= 0.6 is 7.37 Å². The van der Waals surface area contributed by atoms with Crippen LogP contribution in [0.3, 0.4) is 0 Å². The van der Waals surface area contributed by atoms with E-state index in [1.807, 2.05) is 30.3 Å². The monoisotopic (exact) mass is 481 g/mol. The first-order chi connectivity index (χ1) is 16.3. The lowest BCUT2D eigenvalue weighted by Gasteiger charge is -2.26. The van der Waals surface area contributed by atoms with Gasteiger partial charge in [-0.05, 0) is 23.1 Å². The molecule has 7 nitrogen and oxygen atoms in total. The fraction of sp³-hybridized carbons (Fsp3) is 0.231. The minimum atomic E-state index is -4.16. The topological polar surface area (TPSA) is 113 Å². The highest BCUT2D eigenvalue weighted by Crippen LogP contribution is 2.48. The van der Waals surface area contributed by atoms with E-state index in [4.69, 9.17) is 4.74 Å². The van der Waals surface area contributed by atoms with E-state index in [2.05, 4.69) is 5.32 Å². The van der Waals surface area contributed by atoms with Gasteiger partial charge in [-0.25, -0.2) is 4.79 Å². The molecule has 34 heavy (non-hydrogen) atoms. The fourth-order valence-electron chi connectivity index (χ4n) is 3.60. The molecule has 0 heterocycles. The Hall–Kier alpha value is -3.41. The normalized spacial score (nSPS) is 14.4. The summed E-state index contributed by atoms with van der Waals surface area (Å²) in [5.74, 6) is -3.45. The zero-order valence-electron chi connectivity index (χ0n) is 18.6. The van der Waals surface area contributed by atoms with Gasteiger partial charge in [-0.1, -0.05) is 91.0 Å². The van der Waals surface area contributed by atoms with Crippen molar-refractivity contribution in [3.8, 4) is 0 Å². The summed E-state index contributed by atoms with van der Waals surface area (Å²) in [6.45, 7) is 0.00617. The number of ether oxygens (including phenoxy) is 1. The van der Waals surface area contributed by atoms with Crippen LogP contribution < -0.4 is 5.32 Å². The van der Waals surface area contributed by atoms with Gasteiger partial charge < -0.3 is 20.1 Å². The van der Waals surface area contributed by atoms with Crippen LogP contribution in [0.4, 0.5) is 4.79 Å². The van der Waals surface area contributed by atoms with Crippen molar-refractivity contribution in [3.05, 3.63) is 108 Å². The third-order valence-electron chi connectivity index (χ3n) is 5.41. The number of aliphatic carboxylic acids is 1. The van der Waals surface area contributed by atoms with E-state index in [1.54, 1.807) is 60.7 Å². The van der Waals surface area contributed by atoms with Crippen molar-refractivity contribution in [1.82, 2.24) is 5.32 Å². The van der Waals surface area contributed by atoms with E-state index >= 15 is 0 Å². The SMILES string of the molecule is O=C(N[C@H](Cc1ccccc1)P(=O)(O)C[C@@H](Cc1ccccc1)C(=O)O)OCc1ccccc1. The second kappa shape index (κ2) is 12.2. The van der Waals surface area contributed by atoms with E-state index in [9.17, 15) is 24.2 Å². The number of hydrogen-bond acceptors (Lipinski definition) is 4. The zero-order chi connectivity index (χ0) is 24.4. The van der Waals surface area contributed by atoms with E-state index in [-0.39, 0.29) is 19.4 Å². The molecule has 0 aliphatic carbocycles.